The van der Waals surface area contributed by atoms with Crippen molar-refractivity contribution in [3.05, 3.63) is 71.3 Å². The number of benzene rings is 2. The fraction of sp³-hybridized carbons (Fsp3) is 0.485. The van der Waals surface area contributed by atoms with Crippen LogP contribution in [0.1, 0.15) is 90.0 Å². The highest BCUT2D eigenvalue weighted by Gasteiger charge is 2.38. The maximum absolute atomic E-state index is 14.4. The second-order valence-corrected chi connectivity index (χ2v) is 11.1. The summed E-state index contributed by atoms with van der Waals surface area (Å²) >= 11 is 0. The second kappa shape index (κ2) is 15.7. The van der Waals surface area contributed by atoms with Crippen LogP contribution in [0.2, 0.25) is 0 Å². The molecule has 7 nitrogen and oxygen atoms in total. The van der Waals surface area contributed by atoms with Gasteiger partial charge in [-0.25, -0.2) is 4.79 Å². The second-order valence-electron chi connectivity index (χ2n) is 11.1. The third kappa shape index (κ3) is 9.75. The number of alkyl carbamates (subject to hydrolysis) is 1. The van der Waals surface area contributed by atoms with Crippen LogP contribution in [0.4, 0.5) is 4.79 Å². The molecule has 40 heavy (non-hydrogen) atoms. The van der Waals surface area contributed by atoms with E-state index in [0.29, 0.717) is 37.1 Å². The van der Waals surface area contributed by atoms with Gasteiger partial charge in [-0.1, -0.05) is 94.5 Å². The number of amides is 3. The maximum Gasteiger partial charge on any atom is 0.408 e. The van der Waals surface area contributed by atoms with E-state index in [1.165, 1.54) is 0 Å². The largest absolute Gasteiger partial charge is 0.444 e. The van der Waals surface area contributed by atoms with Gasteiger partial charge in [0.15, 0.2) is 0 Å². The Kier molecular flexibility index (Phi) is 12.7. The zero-order valence-corrected chi connectivity index (χ0v) is 24.8. The normalized spacial score (nSPS) is 13.3. The van der Waals surface area contributed by atoms with Crippen LogP contribution in [0.3, 0.4) is 0 Å². The van der Waals surface area contributed by atoms with Crippen molar-refractivity contribution >= 4 is 17.9 Å². The number of hydrogen-bond acceptors (Lipinski definition) is 4. The van der Waals surface area contributed by atoms with E-state index in [0.717, 1.165) is 18.4 Å². The Balaban J connectivity index is 2.55. The van der Waals surface area contributed by atoms with Crippen LogP contribution in [0.25, 0.3) is 0 Å². The molecule has 2 rings (SSSR count). The van der Waals surface area contributed by atoms with Crippen LogP contribution in [0.15, 0.2) is 54.6 Å². The van der Waals surface area contributed by atoms with Gasteiger partial charge < -0.3 is 20.3 Å². The Hall–Kier alpha value is -3.79. The van der Waals surface area contributed by atoms with E-state index in [1.807, 2.05) is 56.3 Å². The molecule has 216 valence electrons. The van der Waals surface area contributed by atoms with Gasteiger partial charge in [0.25, 0.3) is 0 Å². The molecule has 0 aliphatic rings. The molecule has 3 amide bonds. The molecule has 3 atom stereocenters. The van der Waals surface area contributed by atoms with Crippen molar-refractivity contribution in [1.29, 1.82) is 0 Å². The van der Waals surface area contributed by atoms with E-state index >= 15 is 0 Å². The van der Waals surface area contributed by atoms with Gasteiger partial charge in [-0.15, -0.1) is 6.42 Å². The number of hydrogen-bond donors (Lipinski definition) is 2. The molecule has 0 aromatic heterocycles. The minimum Gasteiger partial charge on any atom is -0.444 e. The Morgan fingerprint density at radius 2 is 1.65 bits per heavy atom. The molecule has 0 aliphatic carbocycles. The number of unbranched alkanes of at least 4 members (excludes halogenated alkanes) is 2. The highest BCUT2D eigenvalue weighted by Crippen LogP contribution is 2.28. The number of ether oxygens (including phenoxy) is 1. The van der Waals surface area contributed by atoms with Crippen LogP contribution in [0.5, 0.6) is 0 Å². The number of carbonyl (C=O) groups is 3. The van der Waals surface area contributed by atoms with Gasteiger partial charge in [-0.05, 0) is 50.3 Å². The van der Waals surface area contributed by atoms with Crippen molar-refractivity contribution in [1.82, 2.24) is 15.5 Å². The lowest BCUT2D eigenvalue weighted by Crippen LogP contribution is -2.55. The molecular formula is C33H45N3O4. The molecular weight excluding hydrogens is 502 g/mol. The fourth-order valence-corrected chi connectivity index (χ4v) is 4.39. The Morgan fingerprint density at radius 1 is 1.00 bits per heavy atom. The maximum atomic E-state index is 14.4. The van der Waals surface area contributed by atoms with Crippen molar-refractivity contribution in [3.63, 3.8) is 0 Å². The first-order valence-electron chi connectivity index (χ1n) is 14.2. The Morgan fingerprint density at radius 3 is 2.25 bits per heavy atom. The molecule has 0 fully saturated rings. The highest BCUT2D eigenvalue weighted by atomic mass is 16.6. The van der Waals surface area contributed by atoms with Crippen molar-refractivity contribution < 1.29 is 19.1 Å². The molecule has 2 aromatic rings. The van der Waals surface area contributed by atoms with Crippen LogP contribution < -0.4 is 10.6 Å². The topological polar surface area (TPSA) is 87.7 Å². The first-order valence-corrected chi connectivity index (χ1v) is 14.2. The molecule has 0 spiro atoms. The number of terminal acetylenes is 1. The molecule has 2 aromatic carbocycles. The fourth-order valence-electron chi connectivity index (χ4n) is 4.39. The third-order valence-corrected chi connectivity index (χ3v) is 6.72. The summed E-state index contributed by atoms with van der Waals surface area (Å²) in [6.45, 7) is 11.9. The average Bonchev–Trinajstić information content (AvgIpc) is 2.93. The Bertz CT molecular complexity index is 1150. The molecule has 0 heterocycles. The molecule has 0 radical (unpaired) electrons. The number of nitrogens with zero attached hydrogens (tertiary/aromatic N) is 1. The van der Waals surface area contributed by atoms with Crippen molar-refractivity contribution in [2.75, 3.05) is 6.54 Å². The molecule has 2 N–H and O–H groups in total. The quantitative estimate of drug-likeness (QED) is 0.238. The van der Waals surface area contributed by atoms with Gasteiger partial charge in [0.2, 0.25) is 11.8 Å². The highest BCUT2D eigenvalue weighted by molar-refractivity contribution is 5.92. The SMILES string of the molecule is C#Cc1ccccc1C(C(=O)NCc1ccccc1)N(CCCCC)C(=O)C(NC(=O)OC(C)(C)C)C(C)CC. The number of carbonyl (C=O) groups excluding carboxylic acids is 3. The van der Waals surface area contributed by atoms with Gasteiger partial charge in [0.1, 0.15) is 17.7 Å². The van der Waals surface area contributed by atoms with Crippen LogP contribution in [0, 0.1) is 18.3 Å². The summed E-state index contributed by atoms with van der Waals surface area (Å²) in [5.74, 6) is 1.79. The summed E-state index contributed by atoms with van der Waals surface area (Å²) in [6.07, 6.45) is 8.34. The average molecular weight is 548 g/mol. The van der Waals surface area contributed by atoms with E-state index in [4.69, 9.17) is 11.2 Å². The van der Waals surface area contributed by atoms with E-state index in [1.54, 1.807) is 37.8 Å². The van der Waals surface area contributed by atoms with Gasteiger partial charge >= 0.3 is 6.09 Å². The van der Waals surface area contributed by atoms with E-state index in [-0.39, 0.29) is 17.7 Å². The molecule has 0 bridgehead atoms. The lowest BCUT2D eigenvalue weighted by atomic mass is 9.94. The third-order valence-electron chi connectivity index (χ3n) is 6.72. The molecule has 7 heteroatoms. The standard InChI is InChI=1S/C33H45N3O4/c1-8-11-17-22-36(31(38)28(24(4)9-2)35-32(39)40-33(5,6)7)29(27-21-16-15-20-26(27)10-3)30(37)34-23-25-18-13-12-14-19-25/h3,12-16,18-21,24,28-29H,8-9,11,17,22-23H2,1-2,4-7H3,(H,34,37)(H,35,39). The van der Waals surface area contributed by atoms with Gasteiger partial charge in [-0.3, -0.25) is 9.59 Å². The van der Waals surface area contributed by atoms with Crippen molar-refractivity contribution in [2.24, 2.45) is 5.92 Å². The zero-order valence-electron chi connectivity index (χ0n) is 24.8. The predicted molar refractivity (Wildman–Crippen MR) is 159 cm³/mol. The minimum atomic E-state index is -0.979. The summed E-state index contributed by atoms with van der Waals surface area (Å²) < 4.78 is 5.48. The summed E-state index contributed by atoms with van der Waals surface area (Å²) in [5, 5.41) is 5.82. The van der Waals surface area contributed by atoms with Crippen LogP contribution in [-0.4, -0.2) is 41.0 Å². The number of nitrogens with one attached hydrogen (secondary N) is 2. The van der Waals surface area contributed by atoms with Crippen LogP contribution >= 0.6 is 0 Å². The molecule has 0 saturated heterocycles. The molecule has 3 unspecified atom stereocenters. The van der Waals surface area contributed by atoms with Crippen molar-refractivity contribution in [3.8, 4) is 12.3 Å². The molecule has 0 saturated carbocycles. The minimum absolute atomic E-state index is 0.204. The smallest absolute Gasteiger partial charge is 0.408 e. The number of rotatable bonds is 13. The first-order chi connectivity index (χ1) is 19.0. The summed E-state index contributed by atoms with van der Waals surface area (Å²) in [5.41, 5.74) is 1.32. The van der Waals surface area contributed by atoms with Crippen LogP contribution in [-0.2, 0) is 20.9 Å². The predicted octanol–water partition coefficient (Wildman–Crippen LogP) is 5.98. The van der Waals surface area contributed by atoms with Gasteiger partial charge in [0.05, 0.1) is 0 Å². The van der Waals surface area contributed by atoms with Gasteiger partial charge in [0, 0.05) is 18.7 Å². The monoisotopic (exact) mass is 547 g/mol. The molecule has 0 aliphatic heterocycles. The van der Waals surface area contributed by atoms with E-state index < -0.39 is 23.8 Å². The lowest BCUT2D eigenvalue weighted by molar-refractivity contribution is -0.143. The van der Waals surface area contributed by atoms with E-state index in [2.05, 4.69) is 23.5 Å². The summed E-state index contributed by atoms with van der Waals surface area (Å²) in [6, 6.07) is 14.9. The first kappa shape index (κ1) is 32.4. The van der Waals surface area contributed by atoms with Gasteiger partial charge in [-0.2, -0.15) is 0 Å². The van der Waals surface area contributed by atoms with Crippen molar-refractivity contribution in [2.45, 2.75) is 91.5 Å². The summed E-state index contributed by atoms with van der Waals surface area (Å²) in [4.78, 5) is 42.7. The lowest BCUT2D eigenvalue weighted by Gasteiger charge is -2.36. The van der Waals surface area contributed by atoms with E-state index in [9.17, 15) is 14.4 Å². The summed E-state index contributed by atoms with van der Waals surface area (Å²) in [7, 11) is 0. The zero-order chi connectivity index (χ0) is 29.7. The Labute approximate surface area is 240 Å².